The van der Waals surface area contributed by atoms with Crippen molar-refractivity contribution in [1.29, 1.82) is 0 Å². The molecule has 132 valence electrons. The lowest BCUT2D eigenvalue weighted by molar-refractivity contribution is -0.123. The van der Waals surface area contributed by atoms with E-state index in [0.29, 0.717) is 21.7 Å². The minimum absolute atomic E-state index is 0.272. The second-order valence-corrected chi connectivity index (χ2v) is 5.97. The van der Waals surface area contributed by atoms with Crippen LogP contribution in [-0.2, 0) is 9.53 Å². The molecule has 0 aliphatic carbocycles. The molecule has 7 heteroatoms. The molecule has 1 amide bonds. The predicted octanol–water partition coefficient (Wildman–Crippen LogP) is 3.63. The zero-order valence-electron chi connectivity index (χ0n) is 13.7. The molecule has 1 N–H and O–H groups in total. The molecule has 3 rings (SSSR count). The molecule has 2 aromatic carbocycles. The second kappa shape index (κ2) is 7.41. The Morgan fingerprint density at radius 1 is 1.12 bits per heavy atom. The van der Waals surface area contributed by atoms with Gasteiger partial charge in [-0.15, -0.1) is 0 Å². The predicted molar refractivity (Wildman–Crippen MR) is 97.4 cm³/mol. The molecule has 0 saturated heterocycles. The maximum atomic E-state index is 12.2. The number of hydrogen-bond acceptors (Lipinski definition) is 5. The molecule has 0 unspecified atom stereocenters. The zero-order chi connectivity index (χ0) is 18.7. The first-order chi connectivity index (χ1) is 12.4. The van der Waals surface area contributed by atoms with Gasteiger partial charge < -0.3 is 14.5 Å². The molecule has 3 aromatic rings. The maximum Gasteiger partial charge on any atom is 0.351 e. The molecule has 0 fully saturated rings. The molecular weight excluding hydrogens is 358 g/mol. The van der Waals surface area contributed by atoms with E-state index in [1.165, 1.54) is 13.0 Å². The number of benzene rings is 2. The van der Waals surface area contributed by atoms with Crippen molar-refractivity contribution >= 4 is 40.1 Å². The third-order valence-corrected chi connectivity index (χ3v) is 3.84. The third kappa shape index (κ3) is 3.92. The van der Waals surface area contributed by atoms with E-state index in [9.17, 15) is 14.4 Å². The van der Waals surface area contributed by atoms with Crippen molar-refractivity contribution < 1.29 is 18.7 Å². The fraction of sp³-hybridized carbons (Fsp3) is 0.105. The Kier molecular flexibility index (Phi) is 5.04. The van der Waals surface area contributed by atoms with Gasteiger partial charge in [-0.05, 0) is 37.3 Å². The average Bonchev–Trinajstić information content (AvgIpc) is 2.61. The van der Waals surface area contributed by atoms with Crippen LogP contribution >= 0.6 is 11.6 Å². The average molecular weight is 372 g/mol. The fourth-order valence-corrected chi connectivity index (χ4v) is 2.48. The van der Waals surface area contributed by atoms with Gasteiger partial charge in [0, 0.05) is 16.1 Å². The Labute approximate surface area is 153 Å². The van der Waals surface area contributed by atoms with Crippen LogP contribution in [0.1, 0.15) is 17.3 Å². The first kappa shape index (κ1) is 17.7. The van der Waals surface area contributed by atoms with E-state index in [1.54, 1.807) is 48.5 Å². The lowest BCUT2D eigenvalue weighted by Crippen LogP contribution is -2.31. The number of anilines is 1. The summed E-state index contributed by atoms with van der Waals surface area (Å²) in [4.78, 5) is 36.4. The monoisotopic (exact) mass is 371 g/mol. The number of ether oxygens (including phenoxy) is 1. The highest BCUT2D eigenvalue weighted by atomic mass is 35.5. The summed E-state index contributed by atoms with van der Waals surface area (Å²) in [7, 11) is 0. The van der Waals surface area contributed by atoms with Gasteiger partial charge in [-0.25, -0.2) is 9.59 Å². The molecular formula is C19H14ClNO5. The fourth-order valence-electron chi connectivity index (χ4n) is 2.29. The number of hydrogen-bond donors (Lipinski definition) is 1. The summed E-state index contributed by atoms with van der Waals surface area (Å²) in [6.45, 7) is 1.40. The van der Waals surface area contributed by atoms with Gasteiger partial charge in [-0.1, -0.05) is 35.9 Å². The summed E-state index contributed by atoms with van der Waals surface area (Å²) in [5.74, 6) is -1.48. The molecule has 0 saturated carbocycles. The molecule has 1 aromatic heterocycles. The van der Waals surface area contributed by atoms with E-state index in [0.717, 1.165) is 0 Å². The van der Waals surface area contributed by atoms with Crippen LogP contribution in [0.15, 0.2) is 63.8 Å². The van der Waals surface area contributed by atoms with E-state index in [2.05, 4.69) is 5.32 Å². The number of carbonyl (C=O) groups is 2. The minimum atomic E-state index is -1.12. The van der Waals surface area contributed by atoms with E-state index in [4.69, 9.17) is 20.8 Å². The summed E-state index contributed by atoms with van der Waals surface area (Å²) in [6.07, 6.45) is -1.12. The van der Waals surface area contributed by atoms with Gasteiger partial charge in [0.05, 0.1) is 0 Å². The van der Waals surface area contributed by atoms with Gasteiger partial charge in [0.25, 0.3) is 5.91 Å². The lowest BCUT2D eigenvalue weighted by Gasteiger charge is -2.13. The van der Waals surface area contributed by atoms with Crippen LogP contribution < -0.4 is 10.9 Å². The molecule has 1 heterocycles. The third-order valence-electron chi connectivity index (χ3n) is 3.61. The summed E-state index contributed by atoms with van der Waals surface area (Å²) >= 11 is 5.86. The Hall–Kier alpha value is -3.12. The van der Waals surface area contributed by atoms with Crippen molar-refractivity contribution in [2.45, 2.75) is 13.0 Å². The number of amides is 1. The number of para-hydroxylation sites is 1. The Bertz CT molecular complexity index is 1040. The van der Waals surface area contributed by atoms with E-state index < -0.39 is 23.6 Å². The van der Waals surface area contributed by atoms with Crippen LogP contribution in [0.4, 0.5) is 5.69 Å². The number of rotatable bonds is 4. The van der Waals surface area contributed by atoms with Crippen LogP contribution in [0.5, 0.6) is 0 Å². The Morgan fingerprint density at radius 2 is 1.88 bits per heavy atom. The number of nitrogens with one attached hydrogen (secondary N) is 1. The largest absolute Gasteiger partial charge is 0.449 e. The van der Waals surface area contributed by atoms with E-state index in [-0.39, 0.29) is 5.56 Å². The highest BCUT2D eigenvalue weighted by Gasteiger charge is 2.22. The van der Waals surface area contributed by atoms with Gasteiger partial charge in [0.15, 0.2) is 6.10 Å². The first-order valence-corrected chi connectivity index (χ1v) is 8.12. The SMILES string of the molecule is C[C@H](OC(=O)c1cc2ccccc2oc1=O)C(=O)Nc1cccc(Cl)c1. The standard InChI is InChI=1S/C19H14ClNO5/c1-11(17(22)21-14-7-4-6-13(20)10-14)25-18(23)15-9-12-5-2-3-8-16(12)26-19(15)24/h2-11H,1H3,(H,21,22)/t11-/m0/s1. The van der Waals surface area contributed by atoms with Crippen molar-refractivity contribution in [1.82, 2.24) is 0 Å². The Balaban J connectivity index is 1.73. The van der Waals surface area contributed by atoms with Gasteiger partial charge in [0.2, 0.25) is 0 Å². The lowest BCUT2D eigenvalue weighted by atomic mass is 10.2. The number of halogens is 1. The summed E-state index contributed by atoms with van der Waals surface area (Å²) in [5.41, 5.74) is -0.265. The summed E-state index contributed by atoms with van der Waals surface area (Å²) in [5, 5.41) is 3.62. The smallest absolute Gasteiger partial charge is 0.351 e. The second-order valence-electron chi connectivity index (χ2n) is 5.53. The van der Waals surface area contributed by atoms with Crippen molar-refractivity contribution in [2.24, 2.45) is 0 Å². The van der Waals surface area contributed by atoms with Gasteiger partial charge >= 0.3 is 11.6 Å². The highest BCUT2D eigenvalue weighted by molar-refractivity contribution is 6.30. The van der Waals surface area contributed by atoms with Gasteiger partial charge in [0.1, 0.15) is 11.1 Å². The van der Waals surface area contributed by atoms with Crippen molar-refractivity contribution in [3.05, 3.63) is 75.6 Å². The van der Waals surface area contributed by atoms with Gasteiger partial charge in [-0.2, -0.15) is 0 Å². The molecule has 26 heavy (non-hydrogen) atoms. The normalized spacial score (nSPS) is 11.8. The molecule has 0 bridgehead atoms. The van der Waals surface area contributed by atoms with Gasteiger partial charge in [-0.3, -0.25) is 4.79 Å². The number of fused-ring (bicyclic) bond motifs is 1. The van der Waals surface area contributed by atoms with E-state index in [1.807, 2.05) is 0 Å². The zero-order valence-corrected chi connectivity index (χ0v) is 14.4. The van der Waals surface area contributed by atoms with Crippen molar-refractivity contribution in [3.63, 3.8) is 0 Å². The first-order valence-electron chi connectivity index (χ1n) is 7.74. The van der Waals surface area contributed by atoms with Crippen LogP contribution in [0.3, 0.4) is 0 Å². The van der Waals surface area contributed by atoms with Crippen LogP contribution in [0.2, 0.25) is 5.02 Å². The molecule has 0 aliphatic heterocycles. The quantitative estimate of drug-likeness (QED) is 0.559. The number of carbonyl (C=O) groups excluding carboxylic acids is 2. The minimum Gasteiger partial charge on any atom is -0.449 e. The number of esters is 1. The van der Waals surface area contributed by atoms with Crippen LogP contribution in [0.25, 0.3) is 11.0 Å². The highest BCUT2D eigenvalue weighted by Crippen LogP contribution is 2.16. The maximum absolute atomic E-state index is 12.2. The summed E-state index contributed by atoms with van der Waals surface area (Å²) < 4.78 is 10.2. The molecule has 6 nitrogen and oxygen atoms in total. The molecule has 0 radical (unpaired) electrons. The molecule has 0 aliphatic rings. The van der Waals surface area contributed by atoms with Crippen LogP contribution in [0, 0.1) is 0 Å². The Morgan fingerprint density at radius 3 is 2.65 bits per heavy atom. The van der Waals surface area contributed by atoms with E-state index >= 15 is 0 Å². The van der Waals surface area contributed by atoms with Crippen molar-refractivity contribution in [3.8, 4) is 0 Å². The topological polar surface area (TPSA) is 85.6 Å². The summed E-state index contributed by atoms with van der Waals surface area (Å²) in [6, 6.07) is 14.7. The van der Waals surface area contributed by atoms with Crippen molar-refractivity contribution in [2.75, 3.05) is 5.32 Å². The molecule has 0 spiro atoms. The molecule has 1 atom stereocenters. The van der Waals surface area contributed by atoms with Crippen LogP contribution in [-0.4, -0.2) is 18.0 Å².